The Hall–Kier alpha value is -1.86. The number of methoxy groups -OCH3 is 1. The molecule has 0 radical (unpaired) electrons. The molecule has 2 rings (SSSR count). The Labute approximate surface area is 150 Å². The Morgan fingerprint density at radius 2 is 1.96 bits per heavy atom. The van der Waals surface area contributed by atoms with Gasteiger partial charge in [-0.05, 0) is 35.9 Å². The molecule has 0 aliphatic heterocycles. The van der Waals surface area contributed by atoms with Gasteiger partial charge in [-0.15, -0.1) is 0 Å². The second-order valence-electron chi connectivity index (χ2n) is 4.43. The van der Waals surface area contributed by atoms with Crippen LogP contribution in [0.1, 0.15) is 5.56 Å². The first-order chi connectivity index (χ1) is 11.1. The van der Waals surface area contributed by atoms with E-state index >= 15 is 0 Å². The lowest BCUT2D eigenvalue weighted by molar-refractivity contribution is -0.123. The molecule has 0 heterocycles. The average molecular weight is 442 g/mol. The second kappa shape index (κ2) is 8.69. The summed E-state index contributed by atoms with van der Waals surface area (Å²) in [5, 5.41) is 3.89. The number of carbonyl (C=O) groups is 1. The first-order valence-corrected chi connectivity index (χ1v) is 8.21. The van der Waals surface area contributed by atoms with Crippen LogP contribution in [-0.2, 0) is 4.79 Å². The maximum atomic E-state index is 11.7. The van der Waals surface area contributed by atoms with Crippen LogP contribution in [-0.4, -0.2) is 25.8 Å². The molecule has 0 unspecified atom stereocenters. The van der Waals surface area contributed by atoms with Crippen molar-refractivity contribution in [3.8, 4) is 11.5 Å². The van der Waals surface area contributed by atoms with Crippen molar-refractivity contribution in [2.45, 2.75) is 0 Å². The number of hydrazone groups is 1. The number of rotatable bonds is 6. The van der Waals surface area contributed by atoms with Gasteiger partial charge < -0.3 is 9.47 Å². The van der Waals surface area contributed by atoms with E-state index in [1.807, 2.05) is 24.3 Å². The smallest absolute Gasteiger partial charge is 0.277 e. The molecule has 5 nitrogen and oxygen atoms in total. The number of hydrogen-bond acceptors (Lipinski definition) is 4. The minimum atomic E-state index is -0.360. The SMILES string of the molecule is COc1cc(Br)ccc1OCC(=O)N/N=C\c1cccc(Br)c1. The van der Waals surface area contributed by atoms with Gasteiger partial charge >= 0.3 is 0 Å². The summed E-state index contributed by atoms with van der Waals surface area (Å²) in [6, 6.07) is 12.9. The standard InChI is InChI=1S/C16H14Br2N2O3/c1-22-15-8-13(18)5-6-14(15)23-10-16(21)20-19-9-11-3-2-4-12(17)7-11/h2-9H,10H2,1H3,(H,20,21)/b19-9-. The molecule has 0 atom stereocenters. The Morgan fingerprint density at radius 3 is 2.70 bits per heavy atom. The van der Waals surface area contributed by atoms with Crippen molar-refractivity contribution in [2.24, 2.45) is 5.10 Å². The molecule has 0 aromatic heterocycles. The highest BCUT2D eigenvalue weighted by Crippen LogP contribution is 2.29. The van der Waals surface area contributed by atoms with Crippen molar-refractivity contribution in [3.05, 3.63) is 57.0 Å². The van der Waals surface area contributed by atoms with Crippen LogP contribution in [0, 0.1) is 0 Å². The maximum Gasteiger partial charge on any atom is 0.277 e. The molecule has 0 aliphatic rings. The van der Waals surface area contributed by atoms with Gasteiger partial charge in [-0.1, -0.05) is 44.0 Å². The summed E-state index contributed by atoms with van der Waals surface area (Å²) >= 11 is 6.71. The van der Waals surface area contributed by atoms with Crippen LogP contribution in [0.4, 0.5) is 0 Å². The molecule has 0 aliphatic carbocycles. The number of hydrogen-bond donors (Lipinski definition) is 1. The highest BCUT2D eigenvalue weighted by atomic mass is 79.9. The van der Waals surface area contributed by atoms with Crippen molar-refractivity contribution in [3.63, 3.8) is 0 Å². The number of benzene rings is 2. The summed E-state index contributed by atoms with van der Waals surface area (Å²) in [6.07, 6.45) is 1.56. The van der Waals surface area contributed by atoms with Crippen LogP contribution >= 0.6 is 31.9 Å². The van der Waals surface area contributed by atoms with E-state index in [0.29, 0.717) is 11.5 Å². The van der Waals surface area contributed by atoms with E-state index in [0.717, 1.165) is 14.5 Å². The zero-order chi connectivity index (χ0) is 16.7. The fourth-order valence-electron chi connectivity index (χ4n) is 1.70. The molecule has 0 fully saturated rings. The van der Waals surface area contributed by atoms with Crippen LogP contribution in [0.15, 0.2) is 56.5 Å². The molecule has 0 spiro atoms. The topological polar surface area (TPSA) is 59.9 Å². The summed E-state index contributed by atoms with van der Waals surface area (Å²) in [5.74, 6) is 0.674. The zero-order valence-electron chi connectivity index (χ0n) is 12.3. The van der Waals surface area contributed by atoms with E-state index < -0.39 is 0 Å². The molecule has 7 heteroatoms. The predicted molar refractivity (Wildman–Crippen MR) is 96.1 cm³/mol. The maximum absolute atomic E-state index is 11.7. The third kappa shape index (κ3) is 5.69. The molecule has 2 aromatic carbocycles. The lowest BCUT2D eigenvalue weighted by Gasteiger charge is -2.10. The molecule has 0 saturated carbocycles. The molecular weight excluding hydrogens is 428 g/mol. The monoisotopic (exact) mass is 440 g/mol. The number of carbonyl (C=O) groups excluding carboxylic acids is 1. The van der Waals surface area contributed by atoms with Gasteiger partial charge in [-0.25, -0.2) is 5.43 Å². The minimum absolute atomic E-state index is 0.159. The summed E-state index contributed by atoms with van der Waals surface area (Å²) in [4.78, 5) is 11.7. The van der Waals surface area contributed by atoms with Crippen molar-refractivity contribution in [2.75, 3.05) is 13.7 Å². The zero-order valence-corrected chi connectivity index (χ0v) is 15.4. The molecule has 1 N–H and O–H groups in total. The van der Waals surface area contributed by atoms with E-state index in [4.69, 9.17) is 9.47 Å². The van der Waals surface area contributed by atoms with Crippen molar-refractivity contribution >= 4 is 44.0 Å². The van der Waals surface area contributed by atoms with Crippen molar-refractivity contribution in [1.29, 1.82) is 0 Å². The summed E-state index contributed by atoms with van der Waals surface area (Å²) in [6.45, 7) is -0.159. The van der Waals surface area contributed by atoms with Crippen LogP contribution in [0.5, 0.6) is 11.5 Å². The van der Waals surface area contributed by atoms with Crippen LogP contribution in [0.25, 0.3) is 0 Å². The van der Waals surface area contributed by atoms with Crippen molar-refractivity contribution < 1.29 is 14.3 Å². The average Bonchev–Trinajstić information content (AvgIpc) is 2.53. The summed E-state index contributed by atoms with van der Waals surface area (Å²) in [7, 11) is 1.54. The Morgan fingerprint density at radius 1 is 1.17 bits per heavy atom. The Balaban J connectivity index is 1.86. The molecule has 1 amide bonds. The van der Waals surface area contributed by atoms with Gasteiger partial charge in [0, 0.05) is 8.95 Å². The summed E-state index contributed by atoms with van der Waals surface area (Å²) in [5.41, 5.74) is 3.28. The van der Waals surface area contributed by atoms with E-state index in [9.17, 15) is 4.79 Å². The van der Waals surface area contributed by atoms with Crippen molar-refractivity contribution in [1.82, 2.24) is 5.43 Å². The van der Waals surface area contributed by atoms with Gasteiger partial charge in [0.25, 0.3) is 5.91 Å². The van der Waals surface area contributed by atoms with Gasteiger partial charge in [0.2, 0.25) is 0 Å². The fourth-order valence-corrected chi connectivity index (χ4v) is 2.46. The quantitative estimate of drug-likeness (QED) is 0.548. The Bertz CT molecular complexity index is 720. The third-order valence-electron chi connectivity index (χ3n) is 2.74. The molecule has 23 heavy (non-hydrogen) atoms. The molecule has 2 aromatic rings. The molecule has 120 valence electrons. The number of amides is 1. The van der Waals surface area contributed by atoms with Crippen LogP contribution in [0.3, 0.4) is 0 Å². The number of nitrogens with zero attached hydrogens (tertiary/aromatic N) is 1. The van der Waals surface area contributed by atoms with Gasteiger partial charge in [-0.2, -0.15) is 5.10 Å². The van der Waals surface area contributed by atoms with Gasteiger partial charge in [-0.3, -0.25) is 4.79 Å². The first kappa shape index (κ1) is 17.5. The molecule has 0 bridgehead atoms. The van der Waals surface area contributed by atoms with E-state index in [-0.39, 0.29) is 12.5 Å². The highest BCUT2D eigenvalue weighted by Gasteiger charge is 2.07. The summed E-state index contributed by atoms with van der Waals surface area (Å²) < 4.78 is 12.4. The normalized spacial score (nSPS) is 10.6. The van der Waals surface area contributed by atoms with E-state index in [1.54, 1.807) is 24.4 Å². The molecule has 0 saturated heterocycles. The Kier molecular flexibility index (Phi) is 6.61. The third-order valence-corrected chi connectivity index (χ3v) is 3.72. The first-order valence-electron chi connectivity index (χ1n) is 6.62. The minimum Gasteiger partial charge on any atom is -0.493 e. The fraction of sp³-hybridized carbons (Fsp3) is 0.125. The van der Waals surface area contributed by atoms with Crippen LogP contribution in [0.2, 0.25) is 0 Å². The van der Waals surface area contributed by atoms with E-state index in [1.165, 1.54) is 7.11 Å². The molecular formula is C16H14Br2N2O3. The van der Waals surface area contributed by atoms with E-state index in [2.05, 4.69) is 42.4 Å². The largest absolute Gasteiger partial charge is 0.493 e. The number of ether oxygens (including phenoxy) is 2. The lowest BCUT2D eigenvalue weighted by atomic mass is 10.2. The van der Waals surface area contributed by atoms with Crippen LogP contribution < -0.4 is 14.9 Å². The lowest BCUT2D eigenvalue weighted by Crippen LogP contribution is -2.24. The van der Waals surface area contributed by atoms with Gasteiger partial charge in [0.1, 0.15) is 0 Å². The number of nitrogens with one attached hydrogen (secondary N) is 1. The number of halogens is 2. The second-order valence-corrected chi connectivity index (χ2v) is 6.26. The van der Waals surface area contributed by atoms with Gasteiger partial charge in [0.05, 0.1) is 13.3 Å². The highest BCUT2D eigenvalue weighted by molar-refractivity contribution is 9.10. The predicted octanol–water partition coefficient (Wildman–Crippen LogP) is 3.75. The van der Waals surface area contributed by atoms with Gasteiger partial charge in [0.15, 0.2) is 18.1 Å².